The molecule has 0 saturated heterocycles. The molecule has 1 amide bonds. The molecule has 12 heteroatoms. The molecule has 0 aliphatic carbocycles. The Kier molecular flexibility index (Phi) is 6.03. The van der Waals surface area contributed by atoms with E-state index in [0.29, 0.717) is 0 Å². The third-order valence-electron chi connectivity index (χ3n) is 3.20. The van der Waals surface area contributed by atoms with Crippen molar-refractivity contribution in [2.45, 2.75) is 25.0 Å². The largest absolute Gasteiger partial charge is 0.482 e. The summed E-state index contributed by atoms with van der Waals surface area (Å²) in [6.45, 7) is -0.910. The molecule has 1 unspecified atom stereocenters. The first-order chi connectivity index (χ1) is 11.6. The average molecular weight is 424 g/mol. The summed E-state index contributed by atoms with van der Waals surface area (Å²) in [4.78, 5) is 12.0. The standard InChI is InChI=1S/C13H9Cl3F4N2O3/c14-5-1-7(16)9(2-6(5)15)25-4-10(23)22-13(24,12(19)20)3-8(21-22)11(17)18/h1-2,11-12,24H,3-4H2. The Morgan fingerprint density at radius 3 is 2.40 bits per heavy atom. The van der Waals surface area contributed by atoms with Crippen LogP contribution >= 0.6 is 34.8 Å². The molecular weight excluding hydrogens is 415 g/mol. The zero-order valence-corrected chi connectivity index (χ0v) is 14.3. The van der Waals surface area contributed by atoms with Gasteiger partial charge in [0.15, 0.2) is 6.61 Å². The molecule has 1 aliphatic heterocycles. The first-order valence-electron chi connectivity index (χ1n) is 6.52. The van der Waals surface area contributed by atoms with Gasteiger partial charge in [0.2, 0.25) is 5.72 Å². The number of amides is 1. The van der Waals surface area contributed by atoms with E-state index in [2.05, 4.69) is 5.10 Å². The lowest BCUT2D eigenvalue weighted by Crippen LogP contribution is -2.52. The fraction of sp³-hybridized carbons (Fsp3) is 0.385. The van der Waals surface area contributed by atoms with Crippen molar-refractivity contribution >= 4 is 46.4 Å². The van der Waals surface area contributed by atoms with Crippen molar-refractivity contribution in [1.82, 2.24) is 5.01 Å². The fourth-order valence-electron chi connectivity index (χ4n) is 1.97. The Morgan fingerprint density at radius 2 is 1.84 bits per heavy atom. The van der Waals surface area contributed by atoms with Crippen molar-refractivity contribution in [2.24, 2.45) is 5.10 Å². The molecule has 1 aliphatic rings. The van der Waals surface area contributed by atoms with Gasteiger partial charge in [0.05, 0.1) is 15.1 Å². The van der Waals surface area contributed by atoms with Gasteiger partial charge in [-0.25, -0.2) is 17.6 Å². The van der Waals surface area contributed by atoms with Gasteiger partial charge in [0.25, 0.3) is 18.8 Å². The van der Waals surface area contributed by atoms with E-state index in [1.807, 2.05) is 0 Å². The summed E-state index contributed by atoms with van der Waals surface area (Å²) in [6.07, 6.45) is -7.90. The predicted molar refractivity (Wildman–Crippen MR) is 82.8 cm³/mol. The number of ether oxygens (including phenoxy) is 1. The van der Waals surface area contributed by atoms with Crippen LogP contribution in [-0.2, 0) is 4.79 Å². The number of carbonyl (C=O) groups is 1. The van der Waals surface area contributed by atoms with Crippen molar-refractivity contribution < 1.29 is 32.2 Å². The van der Waals surface area contributed by atoms with E-state index in [0.717, 1.165) is 0 Å². The molecule has 0 fully saturated rings. The van der Waals surface area contributed by atoms with Crippen LogP contribution in [0.2, 0.25) is 15.1 Å². The van der Waals surface area contributed by atoms with E-state index in [1.54, 1.807) is 0 Å². The number of nitrogens with zero attached hydrogens (tertiary/aromatic N) is 2. The maximum absolute atomic E-state index is 13.0. The SMILES string of the molecule is O=C(COc1cc(Cl)c(Cl)cc1Cl)N1N=C(C(F)F)CC1(O)C(F)F. The highest BCUT2D eigenvalue weighted by Gasteiger charge is 2.53. The van der Waals surface area contributed by atoms with Gasteiger partial charge in [0.1, 0.15) is 11.5 Å². The van der Waals surface area contributed by atoms with Crippen molar-refractivity contribution in [2.75, 3.05) is 6.61 Å². The number of hydrogen-bond donors (Lipinski definition) is 1. The van der Waals surface area contributed by atoms with Gasteiger partial charge in [0, 0.05) is 12.5 Å². The number of carbonyl (C=O) groups excluding carboxylic acids is 1. The molecule has 2 rings (SSSR count). The molecule has 0 bridgehead atoms. The highest BCUT2D eigenvalue weighted by atomic mass is 35.5. The number of hydrogen-bond acceptors (Lipinski definition) is 4. The Balaban J connectivity index is 2.17. The van der Waals surface area contributed by atoms with Crippen molar-refractivity contribution in [3.8, 4) is 5.75 Å². The Morgan fingerprint density at radius 1 is 1.24 bits per heavy atom. The van der Waals surface area contributed by atoms with Crippen LogP contribution in [-0.4, -0.2) is 46.9 Å². The minimum Gasteiger partial charge on any atom is -0.482 e. The maximum Gasteiger partial charge on any atom is 0.287 e. The summed E-state index contributed by atoms with van der Waals surface area (Å²) in [5, 5.41) is 13.0. The van der Waals surface area contributed by atoms with Crippen LogP contribution in [0, 0.1) is 0 Å². The molecule has 1 atom stereocenters. The fourth-order valence-corrected chi connectivity index (χ4v) is 2.56. The third-order valence-corrected chi connectivity index (χ3v) is 4.22. The first-order valence-corrected chi connectivity index (χ1v) is 7.66. The van der Waals surface area contributed by atoms with Gasteiger partial charge >= 0.3 is 0 Å². The zero-order chi connectivity index (χ0) is 18.9. The van der Waals surface area contributed by atoms with Crippen LogP contribution in [0.5, 0.6) is 5.75 Å². The summed E-state index contributed by atoms with van der Waals surface area (Å²) in [5.74, 6) is -1.37. The van der Waals surface area contributed by atoms with Crippen LogP contribution in [0.1, 0.15) is 6.42 Å². The Labute approximate surface area is 153 Å². The molecular formula is C13H9Cl3F4N2O3. The first kappa shape index (κ1) is 20.0. The summed E-state index contributed by atoms with van der Waals surface area (Å²) in [5.41, 5.74) is -4.21. The minimum absolute atomic E-state index is 0.0236. The van der Waals surface area contributed by atoms with Crippen molar-refractivity contribution in [3.63, 3.8) is 0 Å². The molecule has 1 N–H and O–H groups in total. The zero-order valence-electron chi connectivity index (χ0n) is 12.0. The number of benzene rings is 1. The second-order valence-electron chi connectivity index (χ2n) is 4.94. The van der Waals surface area contributed by atoms with Crippen LogP contribution in [0.25, 0.3) is 0 Å². The average Bonchev–Trinajstić information content (AvgIpc) is 2.89. The van der Waals surface area contributed by atoms with E-state index in [-0.39, 0.29) is 25.8 Å². The molecule has 25 heavy (non-hydrogen) atoms. The van der Waals surface area contributed by atoms with Crippen LogP contribution in [0.3, 0.4) is 0 Å². The molecule has 1 aromatic rings. The molecule has 0 aromatic heterocycles. The van der Waals surface area contributed by atoms with Gasteiger partial charge in [-0.1, -0.05) is 34.8 Å². The normalized spacial score (nSPS) is 20.4. The van der Waals surface area contributed by atoms with Gasteiger partial charge in [-0.2, -0.15) is 10.1 Å². The molecule has 0 saturated carbocycles. The molecule has 1 aromatic carbocycles. The van der Waals surface area contributed by atoms with E-state index in [4.69, 9.17) is 39.5 Å². The number of rotatable bonds is 5. The summed E-state index contributed by atoms with van der Waals surface area (Å²) in [7, 11) is 0. The van der Waals surface area contributed by atoms with E-state index in [1.165, 1.54) is 12.1 Å². The van der Waals surface area contributed by atoms with Gasteiger partial charge in [-0.3, -0.25) is 4.79 Å². The van der Waals surface area contributed by atoms with Gasteiger partial charge in [-0.05, 0) is 6.07 Å². The summed E-state index contributed by atoms with van der Waals surface area (Å²) < 4.78 is 56.5. The lowest BCUT2D eigenvalue weighted by Gasteiger charge is -2.29. The third kappa shape index (κ3) is 4.11. The van der Waals surface area contributed by atoms with E-state index in [9.17, 15) is 27.5 Å². The van der Waals surface area contributed by atoms with Crippen molar-refractivity contribution in [3.05, 3.63) is 27.2 Å². The molecule has 0 radical (unpaired) electrons. The minimum atomic E-state index is -3.52. The highest BCUT2D eigenvalue weighted by Crippen LogP contribution is 2.35. The monoisotopic (exact) mass is 422 g/mol. The van der Waals surface area contributed by atoms with Gasteiger partial charge in [-0.15, -0.1) is 0 Å². The summed E-state index contributed by atoms with van der Waals surface area (Å²) >= 11 is 17.3. The van der Waals surface area contributed by atoms with Crippen LogP contribution in [0.4, 0.5) is 17.6 Å². The maximum atomic E-state index is 13.0. The second-order valence-corrected chi connectivity index (χ2v) is 6.16. The lowest BCUT2D eigenvalue weighted by atomic mass is 10.1. The van der Waals surface area contributed by atoms with Crippen LogP contribution < -0.4 is 4.74 Å². The quantitative estimate of drug-likeness (QED) is 0.578. The summed E-state index contributed by atoms with van der Waals surface area (Å²) in [6, 6.07) is 2.40. The molecule has 138 valence electrons. The van der Waals surface area contributed by atoms with Crippen LogP contribution in [0.15, 0.2) is 17.2 Å². The number of halogens is 7. The van der Waals surface area contributed by atoms with E-state index >= 15 is 0 Å². The van der Waals surface area contributed by atoms with Gasteiger partial charge < -0.3 is 9.84 Å². The number of alkyl halides is 4. The molecule has 5 nitrogen and oxygen atoms in total. The lowest BCUT2D eigenvalue weighted by molar-refractivity contribution is -0.193. The second kappa shape index (κ2) is 7.53. The Hall–Kier alpha value is -1.29. The smallest absolute Gasteiger partial charge is 0.287 e. The van der Waals surface area contributed by atoms with E-state index < -0.39 is 43.2 Å². The number of hydrazone groups is 1. The Bertz CT molecular complexity index is 720. The molecule has 1 heterocycles. The number of aliphatic hydroxyl groups is 1. The van der Waals surface area contributed by atoms with Crippen molar-refractivity contribution in [1.29, 1.82) is 0 Å². The molecule has 0 spiro atoms. The topological polar surface area (TPSA) is 62.1 Å². The highest BCUT2D eigenvalue weighted by molar-refractivity contribution is 6.43. The predicted octanol–water partition coefficient (Wildman–Crippen LogP) is 3.83.